The predicted octanol–water partition coefficient (Wildman–Crippen LogP) is 11.8. The molecule has 1 unspecified atom stereocenters. The lowest BCUT2D eigenvalue weighted by molar-refractivity contribution is -0.143. The topological polar surface area (TPSA) is 37.4 Å². The van der Waals surface area contributed by atoms with E-state index in [0.717, 1.165) is 81.4 Å². The van der Waals surface area contributed by atoms with Crippen LogP contribution in [0.2, 0.25) is 10.0 Å². The maximum absolute atomic E-state index is 13.8. The maximum Gasteiger partial charge on any atom is 0.228 e. The van der Waals surface area contributed by atoms with Gasteiger partial charge in [0.25, 0.3) is 0 Å². The molecule has 0 heterocycles. The average molecular weight is 677 g/mol. The SMILES string of the molecule is CC(CC[C@@H](CCCCC1CCC(CCC2CCCCC2)(C(=O)N(C)C)CC1)c1ccc(Cl)c(Cl)c1)C(=O)c1ccc(F)c(F)c1. The fourth-order valence-electron chi connectivity index (χ4n) is 8.10. The molecule has 2 aliphatic rings. The van der Waals surface area contributed by atoms with Crippen LogP contribution in [0, 0.1) is 34.8 Å². The number of hydrogen-bond donors (Lipinski definition) is 0. The van der Waals surface area contributed by atoms with Crippen molar-refractivity contribution in [1.82, 2.24) is 4.90 Å². The van der Waals surface area contributed by atoms with E-state index in [2.05, 4.69) is 0 Å². The minimum Gasteiger partial charge on any atom is -0.348 e. The van der Waals surface area contributed by atoms with Gasteiger partial charge in [0.15, 0.2) is 17.4 Å². The number of benzene rings is 2. The van der Waals surface area contributed by atoms with Gasteiger partial charge in [0.1, 0.15) is 0 Å². The lowest BCUT2D eigenvalue weighted by Gasteiger charge is -2.41. The van der Waals surface area contributed by atoms with Gasteiger partial charge in [0.2, 0.25) is 5.91 Å². The fraction of sp³-hybridized carbons (Fsp3) is 0.641. The van der Waals surface area contributed by atoms with Crippen LogP contribution >= 0.6 is 23.2 Å². The molecule has 0 saturated heterocycles. The number of hydrogen-bond acceptors (Lipinski definition) is 2. The Bertz CT molecular complexity index is 1300. The number of nitrogens with zero attached hydrogens (tertiary/aromatic N) is 1. The molecule has 0 bridgehead atoms. The van der Waals surface area contributed by atoms with E-state index in [9.17, 15) is 18.4 Å². The molecule has 7 heteroatoms. The van der Waals surface area contributed by atoms with Crippen molar-refractivity contribution >= 4 is 34.9 Å². The van der Waals surface area contributed by atoms with Gasteiger partial charge in [0.05, 0.1) is 10.0 Å². The summed E-state index contributed by atoms with van der Waals surface area (Å²) in [5, 5.41) is 1.04. The summed E-state index contributed by atoms with van der Waals surface area (Å²) in [6, 6.07) is 9.16. The van der Waals surface area contributed by atoms with Crippen LogP contribution in [-0.2, 0) is 4.79 Å². The first-order valence-corrected chi connectivity index (χ1v) is 18.4. The van der Waals surface area contributed by atoms with Gasteiger partial charge in [-0.3, -0.25) is 9.59 Å². The summed E-state index contributed by atoms with van der Waals surface area (Å²) in [5.41, 5.74) is 1.14. The number of Topliss-reactive ketones (excluding diaryl/α,β-unsaturated/α-hetero) is 1. The van der Waals surface area contributed by atoms with E-state index in [1.54, 1.807) is 0 Å². The number of rotatable bonds is 15. The van der Waals surface area contributed by atoms with E-state index in [-0.39, 0.29) is 28.6 Å². The highest BCUT2D eigenvalue weighted by atomic mass is 35.5. The van der Waals surface area contributed by atoms with Gasteiger partial charge >= 0.3 is 0 Å². The first-order chi connectivity index (χ1) is 22.0. The minimum absolute atomic E-state index is 0.174. The maximum atomic E-state index is 13.8. The summed E-state index contributed by atoms with van der Waals surface area (Å²) in [6.45, 7) is 1.86. The third-order valence-corrected chi connectivity index (χ3v) is 11.8. The number of carbonyl (C=O) groups excluding carboxylic acids is 2. The van der Waals surface area contributed by atoms with Crippen LogP contribution in [0.15, 0.2) is 36.4 Å². The van der Waals surface area contributed by atoms with Crippen LogP contribution in [0.5, 0.6) is 0 Å². The molecule has 2 atom stereocenters. The smallest absolute Gasteiger partial charge is 0.228 e. The molecule has 2 aromatic rings. The molecule has 0 N–H and O–H groups in total. The van der Waals surface area contributed by atoms with E-state index < -0.39 is 11.6 Å². The van der Waals surface area contributed by atoms with Crippen LogP contribution in [0.25, 0.3) is 0 Å². The predicted molar refractivity (Wildman–Crippen MR) is 186 cm³/mol. The van der Waals surface area contributed by atoms with E-state index in [0.29, 0.717) is 28.3 Å². The zero-order chi connectivity index (χ0) is 33.3. The zero-order valence-corrected chi connectivity index (χ0v) is 29.6. The van der Waals surface area contributed by atoms with Crippen molar-refractivity contribution in [3.8, 4) is 0 Å². The molecule has 2 saturated carbocycles. The Labute approximate surface area is 285 Å². The number of carbonyl (C=O) groups is 2. The van der Waals surface area contributed by atoms with Crippen molar-refractivity contribution in [2.45, 2.75) is 122 Å². The number of unbranched alkanes of at least 4 members (excludes halogenated alkanes) is 1. The van der Waals surface area contributed by atoms with Gasteiger partial charge in [-0.15, -0.1) is 0 Å². The second-order valence-electron chi connectivity index (χ2n) is 14.6. The van der Waals surface area contributed by atoms with E-state index >= 15 is 0 Å². The van der Waals surface area contributed by atoms with Crippen LogP contribution in [0.3, 0.4) is 0 Å². The Morgan fingerprint density at radius 1 is 0.826 bits per heavy atom. The van der Waals surface area contributed by atoms with Crippen LogP contribution in [0.4, 0.5) is 8.78 Å². The number of halogens is 4. The zero-order valence-electron chi connectivity index (χ0n) is 28.1. The summed E-state index contributed by atoms with van der Waals surface area (Å²) in [4.78, 5) is 28.2. The minimum atomic E-state index is -1.00. The molecular weight excluding hydrogens is 623 g/mol. The Hall–Kier alpha value is -1.98. The van der Waals surface area contributed by atoms with Crippen LogP contribution in [0.1, 0.15) is 138 Å². The molecule has 2 fully saturated rings. The van der Waals surface area contributed by atoms with Crippen LogP contribution in [-0.4, -0.2) is 30.7 Å². The second kappa shape index (κ2) is 17.4. The average Bonchev–Trinajstić information content (AvgIpc) is 3.06. The van der Waals surface area contributed by atoms with E-state index in [4.69, 9.17) is 23.2 Å². The van der Waals surface area contributed by atoms with E-state index in [1.807, 2.05) is 44.1 Å². The lowest BCUT2D eigenvalue weighted by atomic mass is 9.65. The van der Waals surface area contributed by atoms with Crippen molar-refractivity contribution in [3.63, 3.8) is 0 Å². The lowest BCUT2D eigenvalue weighted by Crippen LogP contribution is -2.43. The summed E-state index contributed by atoms with van der Waals surface area (Å²) in [5.74, 6) is -0.432. The third-order valence-electron chi connectivity index (χ3n) is 11.1. The van der Waals surface area contributed by atoms with Gasteiger partial charge in [0, 0.05) is 31.0 Å². The quantitative estimate of drug-likeness (QED) is 0.139. The van der Waals surface area contributed by atoms with Crippen molar-refractivity contribution in [1.29, 1.82) is 0 Å². The van der Waals surface area contributed by atoms with Gasteiger partial charge in [-0.25, -0.2) is 8.78 Å². The highest BCUT2D eigenvalue weighted by Crippen LogP contribution is 2.46. The monoisotopic (exact) mass is 675 g/mol. The summed E-state index contributed by atoms with van der Waals surface area (Å²) in [7, 11) is 3.83. The molecule has 2 aromatic carbocycles. The first-order valence-electron chi connectivity index (χ1n) is 17.6. The largest absolute Gasteiger partial charge is 0.348 e. The van der Waals surface area contributed by atoms with Gasteiger partial charge < -0.3 is 4.90 Å². The molecule has 1 amide bonds. The van der Waals surface area contributed by atoms with Crippen molar-refractivity contribution in [2.24, 2.45) is 23.2 Å². The first kappa shape index (κ1) is 36.8. The summed E-state index contributed by atoms with van der Waals surface area (Å²) >= 11 is 12.6. The van der Waals surface area contributed by atoms with Gasteiger partial charge in [-0.2, -0.15) is 0 Å². The van der Waals surface area contributed by atoms with Crippen molar-refractivity contribution in [2.75, 3.05) is 14.1 Å². The Morgan fingerprint density at radius 2 is 1.52 bits per heavy atom. The molecule has 4 rings (SSSR count). The Balaban J connectivity index is 1.29. The fourth-order valence-corrected chi connectivity index (χ4v) is 8.41. The Morgan fingerprint density at radius 3 is 2.17 bits per heavy atom. The second-order valence-corrected chi connectivity index (χ2v) is 15.4. The van der Waals surface area contributed by atoms with Crippen LogP contribution < -0.4 is 0 Å². The molecule has 254 valence electrons. The normalized spacial score (nSPS) is 21.9. The molecule has 0 aliphatic heterocycles. The summed E-state index contributed by atoms with van der Waals surface area (Å²) < 4.78 is 27.2. The van der Waals surface area contributed by atoms with Gasteiger partial charge in [-0.05, 0) is 111 Å². The highest BCUT2D eigenvalue weighted by Gasteiger charge is 2.42. The summed E-state index contributed by atoms with van der Waals surface area (Å²) in [6.07, 6.45) is 19.0. The molecule has 2 aliphatic carbocycles. The van der Waals surface area contributed by atoms with Gasteiger partial charge in [-0.1, -0.05) is 87.6 Å². The Kier molecular flexibility index (Phi) is 14.0. The standard InChI is InChI=1S/C39H53Cl2F2NO2/c1-27(37(45)32-16-18-35(42)36(43)26-32)13-14-30(31-15-17-33(40)34(41)25-31)12-8-7-11-29-20-23-39(24-21-29,38(46)44(2)3)22-19-28-9-5-4-6-10-28/h15-18,25-30H,4-14,19-24H2,1-3H3/t27?,29?,30-,39?/m1/s1. The molecule has 3 nitrogen and oxygen atoms in total. The highest BCUT2D eigenvalue weighted by molar-refractivity contribution is 6.42. The molecule has 0 radical (unpaired) electrons. The van der Waals surface area contributed by atoms with Crippen molar-refractivity contribution in [3.05, 3.63) is 69.2 Å². The number of amides is 1. The van der Waals surface area contributed by atoms with E-state index in [1.165, 1.54) is 51.0 Å². The number of ketones is 1. The molecule has 0 aromatic heterocycles. The third kappa shape index (κ3) is 10.0. The molecular formula is C39H53Cl2F2NO2. The molecule has 46 heavy (non-hydrogen) atoms. The molecule has 0 spiro atoms. The van der Waals surface area contributed by atoms with Crippen molar-refractivity contribution < 1.29 is 18.4 Å².